The molecule has 0 saturated carbocycles. The van der Waals surface area contributed by atoms with E-state index in [1.165, 1.54) is 11.8 Å². The number of rotatable bonds is 10. The molecule has 0 aliphatic carbocycles. The van der Waals surface area contributed by atoms with Crippen molar-refractivity contribution in [2.75, 3.05) is 6.54 Å². The van der Waals surface area contributed by atoms with Crippen molar-refractivity contribution in [3.63, 3.8) is 0 Å². The average Bonchev–Trinajstić information content (AvgIpc) is 3.13. The number of aliphatic carboxylic acids is 2. The molecule has 1 fully saturated rings. The van der Waals surface area contributed by atoms with Gasteiger partial charge in [0.15, 0.2) is 6.04 Å². The average molecular weight is 453 g/mol. The number of nitrogens with one attached hydrogen (secondary N) is 1. The quantitative estimate of drug-likeness (QED) is 0.502. The second kappa shape index (κ2) is 10.7. The molecule has 3 N–H and O–H groups in total. The van der Waals surface area contributed by atoms with Gasteiger partial charge in [-0.25, -0.2) is 14.5 Å². The van der Waals surface area contributed by atoms with Crippen LogP contribution in [0.5, 0.6) is 0 Å². The summed E-state index contributed by atoms with van der Waals surface area (Å²) in [5.41, 5.74) is 1.77. The summed E-state index contributed by atoms with van der Waals surface area (Å²) in [4.78, 5) is 51.5. The lowest BCUT2D eigenvalue weighted by Gasteiger charge is -2.25. The van der Waals surface area contributed by atoms with Crippen LogP contribution in [0, 0.1) is 0 Å². The number of carboxylic acids is 2. The Bertz CT molecular complexity index is 998. The third kappa shape index (κ3) is 5.95. The lowest BCUT2D eigenvalue weighted by atomic mass is 10.0. The number of hydrogen-bond acceptors (Lipinski definition) is 5. The van der Waals surface area contributed by atoms with Gasteiger partial charge in [0, 0.05) is 6.54 Å². The van der Waals surface area contributed by atoms with Gasteiger partial charge in [-0.05, 0) is 30.9 Å². The molecule has 0 unspecified atom stereocenters. The lowest BCUT2D eigenvalue weighted by molar-refractivity contribution is -0.147. The molecule has 9 nitrogen and oxygen atoms in total. The maximum absolute atomic E-state index is 13.1. The summed E-state index contributed by atoms with van der Waals surface area (Å²) < 4.78 is 0. The molecule has 1 heterocycles. The molecule has 0 aromatic heterocycles. The molecular formula is C24H27N3O6. The molecule has 1 saturated heterocycles. The van der Waals surface area contributed by atoms with E-state index in [0.29, 0.717) is 6.42 Å². The minimum atomic E-state index is -1.34. The van der Waals surface area contributed by atoms with Crippen molar-refractivity contribution < 1.29 is 29.4 Å². The molecular weight excluding hydrogens is 426 g/mol. The van der Waals surface area contributed by atoms with E-state index in [1.54, 1.807) is 12.1 Å². The van der Waals surface area contributed by atoms with Crippen LogP contribution in [0.2, 0.25) is 0 Å². The molecule has 1 aliphatic rings. The highest BCUT2D eigenvalue weighted by molar-refractivity contribution is 6.02. The van der Waals surface area contributed by atoms with E-state index in [2.05, 4.69) is 5.32 Å². The highest BCUT2D eigenvalue weighted by atomic mass is 16.4. The first kappa shape index (κ1) is 23.9. The van der Waals surface area contributed by atoms with Crippen molar-refractivity contribution in [1.82, 2.24) is 15.1 Å². The monoisotopic (exact) mass is 453 g/mol. The number of carbonyl (C=O) groups excluding carboxylic acids is 2. The summed E-state index contributed by atoms with van der Waals surface area (Å²) >= 11 is 0. The Morgan fingerprint density at radius 2 is 1.58 bits per heavy atom. The number of amides is 3. The first-order valence-corrected chi connectivity index (χ1v) is 10.7. The zero-order chi connectivity index (χ0) is 24.0. The summed E-state index contributed by atoms with van der Waals surface area (Å²) in [7, 11) is 0. The third-order valence-corrected chi connectivity index (χ3v) is 5.60. The van der Waals surface area contributed by atoms with E-state index in [-0.39, 0.29) is 19.5 Å². The molecule has 2 aromatic carbocycles. The highest BCUT2D eigenvalue weighted by Gasteiger charge is 2.46. The van der Waals surface area contributed by atoms with E-state index in [4.69, 9.17) is 0 Å². The van der Waals surface area contributed by atoms with Crippen molar-refractivity contribution in [2.24, 2.45) is 0 Å². The summed E-state index contributed by atoms with van der Waals surface area (Å²) in [5.74, 6) is -3.19. The smallest absolute Gasteiger partial charge is 0.328 e. The number of urea groups is 1. The maximum Gasteiger partial charge on any atom is 0.328 e. The van der Waals surface area contributed by atoms with Crippen LogP contribution in [0.15, 0.2) is 60.7 Å². The van der Waals surface area contributed by atoms with Gasteiger partial charge in [-0.1, -0.05) is 60.7 Å². The Morgan fingerprint density at radius 3 is 2.12 bits per heavy atom. The van der Waals surface area contributed by atoms with Gasteiger partial charge in [-0.15, -0.1) is 0 Å². The summed E-state index contributed by atoms with van der Waals surface area (Å²) in [6.45, 7) is 1.47. The number of carboxylic acid groups (broad SMARTS) is 2. The zero-order valence-corrected chi connectivity index (χ0v) is 18.3. The van der Waals surface area contributed by atoms with Crippen molar-refractivity contribution >= 4 is 23.9 Å². The second-order valence-electron chi connectivity index (χ2n) is 8.01. The van der Waals surface area contributed by atoms with Crippen molar-refractivity contribution in [3.8, 4) is 0 Å². The van der Waals surface area contributed by atoms with Crippen molar-refractivity contribution in [3.05, 3.63) is 71.8 Å². The first-order chi connectivity index (χ1) is 15.8. The Hall–Kier alpha value is -3.72. The van der Waals surface area contributed by atoms with Gasteiger partial charge in [0.2, 0.25) is 5.91 Å². The Kier molecular flexibility index (Phi) is 7.78. The summed E-state index contributed by atoms with van der Waals surface area (Å²) in [6.07, 6.45) is 0.713. The normalized spacial score (nSPS) is 17.6. The SMILES string of the molecule is C[C@H](N[C@@H](CCc1ccccc1)C(=O)O)C(=O)N1C(=O)N(Cc2ccccc2)C[C@H]1C(=O)O. The van der Waals surface area contributed by atoms with Gasteiger partial charge in [0.25, 0.3) is 0 Å². The Morgan fingerprint density at radius 1 is 1.00 bits per heavy atom. The standard InChI is InChI=1S/C24H27N3O6/c1-16(25-19(22(29)30)13-12-17-8-4-2-5-9-17)21(28)27-20(23(31)32)15-26(24(27)33)14-18-10-6-3-7-11-18/h2-11,16,19-20,25H,12-15H2,1H3,(H,29,30)(H,31,32)/t16-,19-,20-/m0/s1. The molecule has 33 heavy (non-hydrogen) atoms. The third-order valence-electron chi connectivity index (χ3n) is 5.60. The van der Waals surface area contributed by atoms with E-state index in [1.807, 2.05) is 48.5 Å². The van der Waals surface area contributed by atoms with Crippen LogP contribution in [0.1, 0.15) is 24.5 Å². The van der Waals surface area contributed by atoms with Crippen LogP contribution in [-0.2, 0) is 27.3 Å². The number of imide groups is 1. The lowest BCUT2D eigenvalue weighted by Crippen LogP contribution is -2.54. The van der Waals surface area contributed by atoms with Crippen molar-refractivity contribution in [2.45, 2.75) is 44.4 Å². The molecule has 3 amide bonds. The van der Waals surface area contributed by atoms with Gasteiger partial charge in [-0.2, -0.15) is 0 Å². The number of hydrogen-bond donors (Lipinski definition) is 3. The van der Waals surface area contributed by atoms with Gasteiger partial charge in [0.05, 0.1) is 12.6 Å². The van der Waals surface area contributed by atoms with Gasteiger partial charge >= 0.3 is 18.0 Å². The number of nitrogens with zero attached hydrogens (tertiary/aromatic N) is 2. The van der Waals surface area contributed by atoms with Crippen LogP contribution in [0.3, 0.4) is 0 Å². The van der Waals surface area contributed by atoms with E-state index < -0.39 is 42.0 Å². The van der Waals surface area contributed by atoms with Crippen LogP contribution >= 0.6 is 0 Å². The number of aryl methyl sites for hydroxylation is 1. The van der Waals surface area contributed by atoms with Crippen LogP contribution < -0.4 is 5.32 Å². The number of carbonyl (C=O) groups is 4. The molecule has 0 radical (unpaired) electrons. The van der Waals surface area contributed by atoms with E-state index in [9.17, 15) is 29.4 Å². The Balaban J connectivity index is 1.68. The maximum atomic E-state index is 13.1. The van der Waals surface area contributed by atoms with Gasteiger partial charge in [-0.3, -0.25) is 14.9 Å². The fourth-order valence-electron chi connectivity index (χ4n) is 3.84. The largest absolute Gasteiger partial charge is 0.480 e. The number of benzene rings is 2. The van der Waals surface area contributed by atoms with Crippen molar-refractivity contribution in [1.29, 1.82) is 0 Å². The highest BCUT2D eigenvalue weighted by Crippen LogP contribution is 2.21. The van der Waals surface area contributed by atoms with Crippen LogP contribution in [0.4, 0.5) is 4.79 Å². The van der Waals surface area contributed by atoms with Gasteiger partial charge < -0.3 is 15.1 Å². The van der Waals surface area contributed by atoms with Gasteiger partial charge in [0.1, 0.15) is 6.04 Å². The predicted molar refractivity (Wildman–Crippen MR) is 119 cm³/mol. The minimum absolute atomic E-state index is 0.141. The predicted octanol–water partition coefficient (Wildman–Crippen LogP) is 1.97. The van der Waals surface area contributed by atoms with E-state index >= 15 is 0 Å². The zero-order valence-electron chi connectivity index (χ0n) is 18.3. The molecule has 0 spiro atoms. The minimum Gasteiger partial charge on any atom is -0.480 e. The second-order valence-corrected chi connectivity index (χ2v) is 8.01. The molecule has 1 aliphatic heterocycles. The molecule has 174 valence electrons. The summed E-state index contributed by atoms with van der Waals surface area (Å²) in [6, 6.07) is 14.3. The van der Waals surface area contributed by atoms with Crippen LogP contribution in [-0.4, -0.2) is 68.6 Å². The fourth-order valence-corrected chi connectivity index (χ4v) is 3.84. The molecule has 0 bridgehead atoms. The fraction of sp³-hybridized carbons (Fsp3) is 0.333. The Labute approximate surface area is 191 Å². The summed E-state index contributed by atoms with van der Waals surface area (Å²) in [5, 5.41) is 22.0. The molecule has 3 atom stereocenters. The molecule has 3 rings (SSSR count). The molecule has 2 aromatic rings. The molecule has 9 heteroatoms. The van der Waals surface area contributed by atoms with E-state index in [0.717, 1.165) is 16.0 Å². The van der Waals surface area contributed by atoms with Crippen LogP contribution in [0.25, 0.3) is 0 Å². The topological polar surface area (TPSA) is 127 Å². The first-order valence-electron chi connectivity index (χ1n) is 10.7.